The number of amides is 2. The van der Waals surface area contributed by atoms with Gasteiger partial charge in [-0.15, -0.1) is 0 Å². The predicted octanol–water partition coefficient (Wildman–Crippen LogP) is 4.60. The van der Waals surface area contributed by atoms with E-state index in [1.807, 2.05) is 49.1 Å². The van der Waals surface area contributed by atoms with Gasteiger partial charge in [-0.3, -0.25) is 0 Å². The number of hydrogen-bond acceptors (Lipinski definition) is 2. The maximum atomic E-state index is 12.6. The average Bonchev–Trinajstić information content (AvgIpc) is 3.12. The minimum absolute atomic E-state index is 0.0503. The van der Waals surface area contributed by atoms with Crippen LogP contribution in [-0.4, -0.2) is 17.5 Å². The van der Waals surface area contributed by atoms with Gasteiger partial charge >= 0.3 is 6.03 Å². The molecule has 5 heteroatoms. The van der Waals surface area contributed by atoms with Crippen molar-refractivity contribution in [3.8, 4) is 0 Å². The Morgan fingerprint density at radius 2 is 2.17 bits per heavy atom. The molecule has 2 heterocycles. The normalized spacial score (nSPS) is 17.5. The van der Waals surface area contributed by atoms with Gasteiger partial charge in [-0.05, 0) is 44.4 Å². The molecule has 0 saturated carbocycles. The molecule has 1 aromatic heterocycles. The second kappa shape index (κ2) is 6.67. The Hall–Kier alpha value is -1.94. The monoisotopic (exact) mass is 332 g/mol. The van der Waals surface area contributed by atoms with Crippen molar-refractivity contribution >= 4 is 17.6 Å². The summed E-state index contributed by atoms with van der Waals surface area (Å²) in [7, 11) is 0. The van der Waals surface area contributed by atoms with Gasteiger partial charge in [-0.2, -0.15) is 0 Å². The van der Waals surface area contributed by atoms with Crippen molar-refractivity contribution in [2.24, 2.45) is 0 Å². The molecule has 1 unspecified atom stereocenters. The van der Waals surface area contributed by atoms with E-state index in [4.69, 9.17) is 16.0 Å². The lowest BCUT2D eigenvalue weighted by Gasteiger charge is -2.26. The van der Waals surface area contributed by atoms with Crippen LogP contribution in [0.4, 0.5) is 4.79 Å². The van der Waals surface area contributed by atoms with Crippen LogP contribution in [0.25, 0.3) is 0 Å². The molecular formula is C18H21ClN2O2. The summed E-state index contributed by atoms with van der Waals surface area (Å²) in [5.74, 6) is 1.72. The van der Waals surface area contributed by atoms with Crippen LogP contribution in [0.2, 0.25) is 5.02 Å². The van der Waals surface area contributed by atoms with Crippen LogP contribution < -0.4 is 5.32 Å². The van der Waals surface area contributed by atoms with Crippen molar-refractivity contribution in [3.05, 3.63) is 58.0 Å². The van der Waals surface area contributed by atoms with Gasteiger partial charge in [0.2, 0.25) is 0 Å². The van der Waals surface area contributed by atoms with Crippen LogP contribution >= 0.6 is 11.6 Å². The van der Waals surface area contributed by atoms with E-state index in [0.717, 1.165) is 47.1 Å². The van der Waals surface area contributed by atoms with Crippen LogP contribution in [0, 0.1) is 13.8 Å². The van der Waals surface area contributed by atoms with E-state index in [1.165, 1.54) is 0 Å². The maximum absolute atomic E-state index is 12.6. The highest BCUT2D eigenvalue weighted by Crippen LogP contribution is 2.35. The van der Waals surface area contributed by atoms with Gasteiger partial charge in [0.15, 0.2) is 0 Å². The second-order valence-electron chi connectivity index (χ2n) is 5.97. The Labute approximate surface area is 141 Å². The molecule has 4 nitrogen and oxygen atoms in total. The number of nitrogens with zero attached hydrogens (tertiary/aromatic N) is 1. The van der Waals surface area contributed by atoms with Crippen LogP contribution in [0.15, 0.2) is 34.7 Å². The van der Waals surface area contributed by atoms with Gasteiger partial charge in [0, 0.05) is 23.7 Å². The summed E-state index contributed by atoms with van der Waals surface area (Å²) in [6.07, 6.45) is 1.94. The summed E-state index contributed by atoms with van der Waals surface area (Å²) < 4.78 is 5.50. The number of hydrogen-bond donors (Lipinski definition) is 1. The first kappa shape index (κ1) is 15.9. The highest BCUT2D eigenvalue weighted by atomic mass is 35.5. The fourth-order valence-corrected chi connectivity index (χ4v) is 3.47. The lowest BCUT2D eigenvalue weighted by atomic mass is 10.0. The number of carbonyl (C=O) groups excluding carboxylic acids is 1. The van der Waals surface area contributed by atoms with E-state index >= 15 is 0 Å². The molecule has 1 atom stereocenters. The summed E-state index contributed by atoms with van der Waals surface area (Å²) in [5, 5.41) is 3.72. The second-order valence-corrected chi connectivity index (χ2v) is 6.38. The van der Waals surface area contributed by atoms with Crippen molar-refractivity contribution in [2.75, 3.05) is 6.54 Å². The van der Waals surface area contributed by atoms with Crippen LogP contribution in [0.5, 0.6) is 0 Å². The molecule has 1 fully saturated rings. The molecule has 0 spiro atoms. The molecular weight excluding hydrogens is 312 g/mol. The quantitative estimate of drug-likeness (QED) is 0.893. The van der Waals surface area contributed by atoms with E-state index in [-0.39, 0.29) is 12.1 Å². The molecule has 2 amide bonds. The van der Waals surface area contributed by atoms with Crippen molar-refractivity contribution in [2.45, 2.75) is 39.3 Å². The SMILES string of the molecule is Cc1cc(CNC(=O)N2CCCC2c2ccccc2Cl)c(C)o1. The van der Waals surface area contributed by atoms with Crippen molar-refractivity contribution in [1.29, 1.82) is 0 Å². The van der Waals surface area contributed by atoms with Crippen molar-refractivity contribution in [3.63, 3.8) is 0 Å². The largest absolute Gasteiger partial charge is 0.466 e. The van der Waals surface area contributed by atoms with E-state index in [1.54, 1.807) is 0 Å². The highest BCUT2D eigenvalue weighted by Gasteiger charge is 2.31. The zero-order chi connectivity index (χ0) is 16.4. The summed E-state index contributed by atoms with van der Waals surface area (Å²) in [5.41, 5.74) is 2.04. The highest BCUT2D eigenvalue weighted by molar-refractivity contribution is 6.31. The number of urea groups is 1. The first-order chi connectivity index (χ1) is 11.1. The van der Waals surface area contributed by atoms with E-state index < -0.39 is 0 Å². The van der Waals surface area contributed by atoms with Crippen LogP contribution in [0.1, 0.15) is 41.5 Å². The minimum Gasteiger partial charge on any atom is -0.466 e. The summed E-state index contributed by atoms with van der Waals surface area (Å²) >= 11 is 6.30. The summed E-state index contributed by atoms with van der Waals surface area (Å²) in [6.45, 7) is 5.06. The third-order valence-electron chi connectivity index (χ3n) is 4.35. The topological polar surface area (TPSA) is 45.5 Å². The number of halogens is 1. The van der Waals surface area contributed by atoms with Gasteiger partial charge in [-0.1, -0.05) is 29.8 Å². The molecule has 0 aliphatic carbocycles. The Kier molecular flexibility index (Phi) is 4.62. The number of carbonyl (C=O) groups is 1. The smallest absolute Gasteiger partial charge is 0.318 e. The molecule has 1 aliphatic heterocycles. The average molecular weight is 333 g/mol. The van der Waals surface area contributed by atoms with E-state index in [0.29, 0.717) is 6.54 Å². The summed E-state index contributed by atoms with van der Waals surface area (Å²) in [6, 6.07) is 9.72. The Morgan fingerprint density at radius 3 is 2.87 bits per heavy atom. The molecule has 1 aromatic carbocycles. The van der Waals surface area contributed by atoms with Gasteiger partial charge < -0.3 is 14.6 Å². The third-order valence-corrected chi connectivity index (χ3v) is 4.70. The van der Waals surface area contributed by atoms with Gasteiger partial charge in [0.05, 0.1) is 6.04 Å². The number of nitrogens with one attached hydrogen (secondary N) is 1. The van der Waals surface area contributed by atoms with Gasteiger partial charge in [-0.25, -0.2) is 4.79 Å². The fraction of sp³-hybridized carbons (Fsp3) is 0.389. The lowest BCUT2D eigenvalue weighted by molar-refractivity contribution is 0.192. The first-order valence-electron chi connectivity index (χ1n) is 7.91. The Balaban J connectivity index is 1.69. The number of likely N-dealkylation sites (tertiary alicyclic amines) is 1. The molecule has 0 bridgehead atoms. The van der Waals surface area contributed by atoms with E-state index in [9.17, 15) is 4.79 Å². The number of furan rings is 1. The fourth-order valence-electron chi connectivity index (χ4n) is 3.21. The third kappa shape index (κ3) is 3.37. The maximum Gasteiger partial charge on any atom is 0.318 e. The zero-order valence-electron chi connectivity index (χ0n) is 13.4. The number of benzene rings is 1. The van der Waals surface area contributed by atoms with Crippen LogP contribution in [-0.2, 0) is 6.54 Å². The molecule has 0 radical (unpaired) electrons. The van der Waals surface area contributed by atoms with Crippen LogP contribution in [0.3, 0.4) is 0 Å². The predicted molar refractivity (Wildman–Crippen MR) is 90.6 cm³/mol. The zero-order valence-corrected chi connectivity index (χ0v) is 14.2. The summed E-state index contributed by atoms with van der Waals surface area (Å²) in [4.78, 5) is 14.5. The van der Waals surface area contributed by atoms with Crippen molar-refractivity contribution in [1.82, 2.24) is 10.2 Å². The molecule has 1 aliphatic rings. The van der Waals surface area contributed by atoms with Gasteiger partial charge in [0.25, 0.3) is 0 Å². The minimum atomic E-state index is -0.0503. The molecule has 23 heavy (non-hydrogen) atoms. The molecule has 1 N–H and O–H groups in total. The number of rotatable bonds is 3. The van der Waals surface area contributed by atoms with Gasteiger partial charge in [0.1, 0.15) is 11.5 Å². The number of aryl methyl sites for hydroxylation is 2. The Bertz CT molecular complexity index is 711. The standard InChI is InChI=1S/C18H21ClN2O2/c1-12-10-14(13(2)23-12)11-20-18(22)21-9-5-8-17(21)15-6-3-4-7-16(15)19/h3-4,6-7,10,17H,5,8-9,11H2,1-2H3,(H,20,22). The molecule has 3 rings (SSSR count). The van der Waals surface area contributed by atoms with Crippen molar-refractivity contribution < 1.29 is 9.21 Å². The first-order valence-corrected chi connectivity index (χ1v) is 8.29. The lowest BCUT2D eigenvalue weighted by Crippen LogP contribution is -2.39. The molecule has 1 saturated heterocycles. The van der Waals surface area contributed by atoms with E-state index in [2.05, 4.69) is 5.32 Å². The Morgan fingerprint density at radius 1 is 1.39 bits per heavy atom. The molecule has 2 aromatic rings. The molecule has 122 valence electrons.